The van der Waals surface area contributed by atoms with Gasteiger partial charge in [-0.25, -0.2) is 4.79 Å². The summed E-state index contributed by atoms with van der Waals surface area (Å²) in [7, 11) is 0. The maximum absolute atomic E-state index is 12.6. The predicted octanol–water partition coefficient (Wildman–Crippen LogP) is 3.50. The Bertz CT molecular complexity index is 857. The molecule has 1 aliphatic heterocycles. The maximum Gasteiger partial charge on any atom is 0.335 e. The van der Waals surface area contributed by atoms with E-state index in [-0.39, 0.29) is 17.2 Å². The van der Waals surface area contributed by atoms with Crippen molar-refractivity contribution in [3.63, 3.8) is 0 Å². The van der Waals surface area contributed by atoms with Gasteiger partial charge in [0, 0.05) is 0 Å². The summed E-state index contributed by atoms with van der Waals surface area (Å²) in [5.41, 5.74) is 1.44. The Morgan fingerprint density at radius 1 is 1.08 bits per heavy atom. The second-order valence-corrected chi connectivity index (χ2v) is 6.64. The highest BCUT2D eigenvalue weighted by atomic mass is 32.2. The number of hydrogen-bond acceptors (Lipinski definition) is 5. The number of carbonyl (C=O) groups is 2. The number of nitrogens with zero attached hydrogens (tertiary/aromatic N) is 1. The first kappa shape index (κ1) is 16.2. The zero-order valence-corrected chi connectivity index (χ0v) is 13.8. The molecule has 0 radical (unpaired) electrons. The molecule has 2 aromatic rings. The molecule has 1 amide bonds. The number of carbonyl (C=O) groups excluding carboxylic acids is 1. The third-order valence-corrected chi connectivity index (χ3v) is 4.66. The van der Waals surface area contributed by atoms with E-state index in [1.165, 1.54) is 40.9 Å². The zero-order valence-electron chi connectivity index (χ0n) is 12.2. The van der Waals surface area contributed by atoms with Crippen molar-refractivity contribution in [1.82, 2.24) is 0 Å². The topological polar surface area (TPSA) is 77.8 Å². The smallest absolute Gasteiger partial charge is 0.335 e. The second-order valence-electron chi connectivity index (χ2n) is 4.96. The highest BCUT2D eigenvalue weighted by Gasteiger charge is 2.33. The molecule has 0 aromatic heterocycles. The third kappa shape index (κ3) is 3.17. The summed E-state index contributed by atoms with van der Waals surface area (Å²) in [5, 5.41) is 18.2. The van der Waals surface area contributed by atoms with Crippen molar-refractivity contribution in [2.75, 3.05) is 4.90 Å². The number of benzene rings is 2. The van der Waals surface area contributed by atoms with E-state index in [1.807, 2.05) is 0 Å². The third-order valence-electron chi connectivity index (χ3n) is 3.36. The minimum absolute atomic E-state index is 0.142. The van der Waals surface area contributed by atoms with Gasteiger partial charge in [0.15, 0.2) is 4.32 Å². The fourth-order valence-corrected chi connectivity index (χ4v) is 3.46. The number of carboxylic acids is 1. The Hall–Kier alpha value is -2.64. The van der Waals surface area contributed by atoms with Gasteiger partial charge in [0.05, 0.1) is 16.2 Å². The monoisotopic (exact) mass is 357 g/mol. The van der Waals surface area contributed by atoms with Crippen LogP contribution in [0.1, 0.15) is 15.9 Å². The number of amides is 1. The lowest BCUT2D eigenvalue weighted by Crippen LogP contribution is -2.27. The number of aromatic hydroxyl groups is 1. The molecule has 0 unspecified atom stereocenters. The van der Waals surface area contributed by atoms with E-state index in [4.69, 9.17) is 17.3 Å². The number of rotatable bonds is 3. The Balaban J connectivity index is 1.88. The van der Waals surface area contributed by atoms with E-state index in [0.717, 1.165) is 5.56 Å². The lowest BCUT2D eigenvalue weighted by atomic mass is 10.2. The van der Waals surface area contributed by atoms with Crippen LogP contribution < -0.4 is 4.90 Å². The number of aromatic carboxylic acids is 1. The van der Waals surface area contributed by atoms with Gasteiger partial charge in [0.25, 0.3) is 5.91 Å². The van der Waals surface area contributed by atoms with E-state index in [0.29, 0.717) is 14.9 Å². The van der Waals surface area contributed by atoms with Gasteiger partial charge in [-0.15, -0.1) is 0 Å². The highest BCUT2D eigenvalue weighted by Crippen LogP contribution is 2.36. The first-order valence-electron chi connectivity index (χ1n) is 6.86. The van der Waals surface area contributed by atoms with Crippen molar-refractivity contribution in [2.45, 2.75) is 0 Å². The molecular formula is C17H11NO4S2. The summed E-state index contributed by atoms with van der Waals surface area (Å²) < 4.78 is 0.383. The minimum Gasteiger partial charge on any atom is -0.508 e. The molecule has 1 fully saturated rings. The van der Waals surface area contributed by atoms with Crippen LogP contribution in [0, 0.1) is 0 Å². The Morgan fingerprint density at radius 3 is 2.29 bits per heavy atom. The minimum atomic E-state index is -1.03. The molecule has 24 heavy (non-hydrogen) atoms. The van der Waals surface area contributed by atoms with Crippen molar-refractivity contribution in [1.29, 1.82) is 0 Å². The molecule has 2 N–H and O–H groups in total. The SMILES string of the molecule is O=C(O)c1ccc(N2C(=O)C(=Cc3ccc(O)cc3)SC2=S)cc1. The molecule has 0 aliphatic carbocycles. The van der Waals surface area contributed by atoms with Crippen LogP contribution in [-0.2, 0) is 4.79 Å². The molecule has 0 bridgehead atoms. The number of hydrogen-bond donors (Lipinski definition) is 2. The molecule has 1 saturated heterocycles. The zero-order chi connectivity index (χ0) is 17.3. The number of thiocarbonyl (C=S) groups is 1. The maximum atomic E-state index is 12.6. The summed E-state index contributed by atoms with van der Waals surface area (Å²) in [6.45, 7) is 0. The van der Waals surface area contributed by atoms with Crippen LogP contribution in [0.5, 0.6) is 5.75 Å². The highest BCUT2D eigenvalue weighted by molar-refractivity contribution is 8.27. The van der Waals surface area contributed by atoms with Gasteiger partial charge >= 0.3 is 5.97 Å². The Labute approximate surface area is 147 Å². The van der Waals surface area contributed by atoms with Crippen LogP contribution in [0.25, 0.3) is 6.08 Å². The van der Waals surface area contributed by atoms with Crippen LogP contribution >= 0.6 is 24.0 Å². The van der Waals surface area contributed by atoms with Crippen LogP contribution in [0.3, 0.4) is 0 Å². The normalized spacial score (nSPS) is 16.0. The first-order valence-corrected chi connectivity index (χ1v) is 8.08. The van der Waals surface area contributed by atoms with Gasteiger partial charge in [0.1, 0.15) is 5.75 Å². The Morgan fingerprint density at radius 2 is 1.71 bits per heavy atom. The summed E-state index contributed by atoms with van der Waals surface area (Å²) >= 11 is 6.45. The van der Waals surface area contributed by atoms with Crippen molar-refractivity contribution in [3.05, 3.63) is 64.6 Å². The van der Waals surface area contributed by atoms with Crippen molar-refractivity contribution >= 4 is 51.9 Å². The summed E-state index contributed by atoms with van der Waals surface area (Å²) in [6, 6.07) is 12.4. The number of carboxylic acid groups (broad SMARTS) is 1. The van der Waals surface area contributed by atoms with Crippen LogP contribution in [0.4, 0.5) is 5.69 Å². The summed E-state index contributed by atoms with van der Waals surface area (Å²) in [6.07, 6.45) is 1.70. The molecule has 120 valence electrons. The van der Waals surface area contributed by atoms with Gasteiger partial charge in [-0.3, -0.25) is 9.69 Å². The molecule has 1 aliphatic rings. The van der Waals surface area contributed by atoms with E-state index in [9.17, 15) is 14.7 Å². The van der Waals surface area contributed by atoms with Crippen LogP contribution in [-0.4, -0.2) is 26.4 Å². The predicted molar refractivity (Wildman–Crippen MR) is 97.2 cm³/mol. The molecule has 1 heterocycles. The lowest BCUT2D eigenvalue weighted by Gasteiger charge is -2.14. The number of phenols is 1. The van der Waals surface area contributed by atoms with Gasteiger partial charge < -0.3 is 10.2 Å². The van der Waals surface area contributed by atoms with Gasteiger partial charge in [-0.1, -0.05) is 36.1 Å². The molecule has 0 saturated carbocycles. The standard InChI is InChI=1S/C17H11NO4S2/c19-13-7-1-10(2-8-13)9-14-15(20)18(17(23)24-14)12-5-3-11(4-6-12)16(21)22/h1-9,19H,(H,21,22). The summed E-state index contributed by atoms with van der Waals surface area (Å²) in [5.74, 6) is -1.14. The fourth-order valence-electron chi connectivity index (χ4n) is 2.17. The van der Waals surface area contributed by atoms with Gasteiger partial charge in [0.2, 0.25) is 0 Å². The van der Waals surface area contributed by atoms with Crippen molar-refractivity contribution in [3.8, 4) is 5.75 Å². The Kier molecular flexibility index (Phi) is 4.37. The molecule has 2 aromatic carbocycles. The summed E-state index contributed by atoms with van der Waals surface area (Å²) in [4.78, 5) is 25.3. The van der Waals surface area contributed by atoms with E-state index >= 15 is 0 Å². The first-order chi connectivity index (χ1) is 11.5. The second kappa shape index (κ2) is 6.46. The van der Waals surface area contributed by atoms with Crippen molar-refractivity contribution < 1.29 is 19.8 Å². The fraction of sp³-hybridized carbons (Fsp3) is 0. The molecule has 5 nitrogen and oxygen atoms in total. The van der Waals surface area contributed by atoms with Crippen LogP contribution in [0.15, 0.2) is 53.4 Å². The number of phenolic OH excluding ortho intramolecular Hbond substituents is 1. The van der Waals surface area contributed by atoms with Crippen LogP contribution in [0.2, 0.25) is 0 Å². The molecule has 3 rings (SSSR count). The number of anilines is 1. The average Bonchev–Trinajstić information content (AvgIpc) is 2.83. The molecular weight excluding hydrogens is 346 g/mol. The number of thioether (sulfide) groups is 1. The average molecular weight is 357 g/mol. The van der Waals surface area contributed by atoms with E-state index in [1.54, 1.807) is 30.3 Å². The van der Waals surface area contributed by atoms with Crippen molar-refractivity contribution in [2.24, 2.45) is 0 Å². The lowest BCUT2D eigenvalue weighted by molar-refractivity contribution is -0.113. The molecule has 7 heteroatoms. The largest absolute Gasteiger partial charge is 0.508 e. The molecule has 0 atom stereocenters. The van der Waals surface area contributed by atoms with E-state index < -0.39 is 5.97 Å². The van der Waals surface area contributed by atoms with Gasteiger partial charge in [-0.2, -0.15) is 0 Å². The van der Waals surface area contributed by atoms with Gasteiger partial charge in [-0.05, 0) is 48.0 Å². The molecule has 0 spiro atoms. The van der Waals surface area contributed by atoms with E-state index in [2.05, 4.69) is 0 Å². The quantitative estimate of drug-likeness (QED) is 0.647.